The molecule has 0 bridgehead atoms. The van der Waals surface area contributed by atoms with Crippen LogP contribution in [0.5, 0.6) is 57.5 Å². The summed E-state index contributed by atoms with van der Waals surface area (Å²) in [6.07, 6.45) is 34.7. The molecular weight excluding hydrogens is 1640 g/mol. The zero-order chi connectivity index (χ0) is 87.7. The van der Waals surface area contributed by atoms with Crippen molar-refractivity contribution in [1.29, 1.82) is 5.26 Å². The quantitative estimate of drug-likeness (QED) is 0.0305. The Kier molecular flexibility index (Phi) is 30.7. The number of pyridine rings is 2. The number of ether oxygens (including phenoxy) is 5. The van der Waals surface area contributed by atoms with E-state index in [-0.39, 0.29) is 62.6 Å². The Morgan fingerprint density at radius 2 is 0.790 bits per heavy atom. The standard InChI is InChI=1S/C19H12ClN3O2.C19H11F2N3O2.C18H14ClN3O2.C17H10FN5O2.C16H11FN4O3/c1-2-13-4-3-5-14(6-13)19(24)23-16-7-15(20)8-17(9-16)25-18-10-21-12-22-11-18;1-2-12-3-4-18(21)17(5-12)19(25)24-14-6-13(20)7-15(8-14)26-16-9-22-11-23-10-16;1-12-3-2-4-13(5-12)18(23)22-15-6-14(19)7-16(8-15)24-17-9-20-11-21-10-17;18-12-1-2-22-16(5-12)17(24)23-13-3-11(7-19)4-14(6-13)25-15-8-20-10-21-9-15;17-10-3-11(21-16(23)15-6-12(22)1-2-20-15)5-13(4-10)24-14-7-18-9-19-8-14/h1,3-12H,(H,23,24);1,3-11H,(H,24,25);2-11H,1H3,(H,22,23);1-6,8-10H,(H,23,24);1-9H,(H,20,22)(H,21,23). The van der Waals surface area contributed by atoms with Gasteiger partial charge in [0.2, 0.25) is 0 Å². The topological polar surface area (TPSA) is 390 Å². The van der Waals surface area contributed by atoms with Gasteiger partial charge in [0.1, 0.15) is 95.0 Å². The monoisotopic (exact) mass is 1700 g/mol. The molecule has 29 nitrogen and oxygen atoms in total. The van der Waals surface area contributed by atoms with Gasteiger partial charge in [-0.1, -0.05) is 58.8 Å². The highest BCUT2D eigenvalue weighted by Crippen LogP contribution is 2.33. The number of amides is 5. The number of aryl methyl sites for hydroxylation is 1. The van der Waals surface area contributed by atoms with Crippen LogP contribution in [0.3, 0.4) is 0 Å². The van der Waals surface area contributed by atoms with Gasteiger partial charge >= 0.3 is 0 Å². The van der Waals surface area contributed by atoms with Crippen LogP contribution in [-0.4, -0.2) is 89.3 Å². The fourth-order valence-corrected chi connectivity index (χ4v) is 10.8. The number of carbonyl (C=O) groups is 5. The summed E-state index contributed by atoms with van der Waals surface area (Å²) in [6.45, 7) is 1.93. The van der Waals surface area contributed by atoms with Gasteiger partial charge in [-0.2, -0.15) is 5.26 Å². The Labute approximate surface area is 711 Å². The molecule has 0 spiro atoms. The molecule has 15 rings (SSSR count). The molecule has 124 heavy (non-hydrogen) atoms. The van der Waals surface area contributed by atoms with E-state index in [1.54, 1.807) is 79.1 Å². The fraction of sp³-hybridized carbons (Fsp3) is 0.0112. The minimum Gasteiger partial charge on any atom is -0.454 e. The second-order valence-electron chi connectivity index (χ2n) is 24.9. The molecule has 0 saturated carbocycles. The number of rotatable bonds is 20. The zero-order valence-corrected chi connectivity index (χ0v) is 65.4. The van der Waals surface area contributed by atoms with Gasteiger partial charge in [0.15, 0.2) is 34.2 Å². The van der Waals surface area contributed by atoms with Gasteiger partial charge in [0, 0.05) is 134 Å². The number of H-pyrrole nitrogens is 1. The molecule has 0 fully saturated rings. The number of terminal acetylenes is 2. The van der Waals surface area contributed by atoms with Gasteiger partial charge in [-0.15, -0.1) is 12.8 Å². The maximum atomic E-state index is 13.9. The number of hydrogen-bond acceptors (Lipinski definition) is 23. The van der Waals surface area contributed by atoms with E-state index in [9.17, 15) is 46.3 Å². The van der Waals surface area contributed by atoms with Gasteiger partial charge in [0.05, 0.1) is 79.2 Å². The van der Waals surface area contributed by atoms with Gasteiger partial charge in [-0.25, -0.2) is 67.4 Å². The lowest BCUT2D eigenvalue weighted by molar-refractivity contribution is 0.101. The highest BCUT2D eigenvalue weighted by Gasteiger charge is 2.18. The summed E-state index contributed by atoms with van der Waals surface area (Å²) in [6, 6.07) is 46.1. The van der Waals surface area contributed by atoms with Crippen LogP contribution in [0, 0.1) is 66.2 Å². The minimum atomic E-state index is -0.765. The Morgan fingerprint density at radius 1 is 0.387 bits per heavy atom. The lowest BCUT2D eigenvalue weighted by Gasteiger charge is -2.10. The van der Waals surface area contributed by atoms with Crippen molar-refractivity contribution in [2.75, 3.05) is 26.6 Å². The number of halogens is 6. The summed E-state index contributed by atoms with van der Waals surface area (Å²) >= 11 is 12.2. The van der Waals surface area contributed by atoms with Gasteiger partial charge in [-0.3, -0.25) is 33.8 Å². The molecule has 7 heterocycles. The lowest BCUT2D eigenvalue weighted by atomic mass is 10.1. The van der Waals surface area contributed by atoms with Crippen LogP contribution in [0.1, 0.15) is 74.3 Å². The molecule has 5 amide bonds. The van der Waals surface area contributed by atoms with E-state index >= 15 is 0 Å². The van der Waals surface area contributed by atoms with Crippen LogP contribution >= 0.6 is 23.2 Å². The largest absolute Gasteiger partial charge is 0.454 e. The first-order valence-electron chi connectivity index (χ1n) is 35.7. The second-order valence-corrected chi connectivity index (χ2v) is 25.8. The van der Waals surface area contributed by atoms with E-state index in [0.29, 0.717) is 95.4 Å². The average Bonchev–Trinajstić information content (AvgIpc) is 0.827. The highest BCUT2D eigenvalue weighted by atomic mass is 35.5. The third-order valence-corrected chi connectivity index (χ3v) is 16.0. The predicted molar refractivity (Wildman–Crippen MR) is 448 cm³/mol. The summed E-state index contributed by atoms with van der Waals surface area (Å²) in [5, 5.41) is 23.1. The van der Waals surface area contributed by atoms with Crippen LogP contribution in [0.15, 0.2) is 293 Å². The highest BCUT2D eigenvalue weighted by molar-refractivity contribution is 6.31. The molecule has 612 valence electrons. The van der Waals surface area contributed by atoms with E-state index in [2.05, 4.69) is 98.2 Å². The molecular formula is C89H58Cl2F4N18O11. The maximum Gasteiger partial charge on any atom is 0.274 e. The van der Waals surface area contributed by atoms with E-state index in [4.69, 9.17) is 65.0 Å². The van der Waals surface area contributed by atoms with Crippen LogP contribution in [0.25, 0.3) is 0 Å². The number of carbonyl (C=O) groups excluding carboxylic acids is 5. The number of aromatic nitrogens is 12. The number of anilines is 5. The van der Waals surface area contributed by atoms with Crippen LogP contribution in [-0.2, 0) is 0 Å². The molecule has 0 unspecified atom stereocenters. The van der Waals surface area contributed by atoms with Gasteiger partial charge in [0.25, 0.3) is 29.5 Å². The first-order chi connectivity index (χ1) is 60.0. The number of nitrogens with one attached hydrogen (secondary N) is 6. The molecule has 35 heteroatoms. The van der Waals surface area contributed by atoms with E-state index < -0.39 is 41.0 Å². The summed E-state index contributed by atoms with van der Waals surface area (Å²) in [4.78, 5) is 117. The van der Waals surface area contributed by atoms with Gasteiger partial charge < -0.3 is 55.3 Å². The molecule has 0 radical (unpaired) electrons. The number of benzene rings is 8. The Morgan fingerprint density at radius 3 is 1.23 bits per heavy atom. The number of aromatic amines is 1. The van der Waals surface area contributed by atoms with Crippen molar-refractivity contribution in [3.8, 4) is 88.3 Å². The molecule has 15 aromatic rings. The summed E-state index contributed by atoms with van der Waals surface area (Å²) < 4.78 is 82.3. The minimum absolute atomic E-state index is 0.0608. The third kappa shape index (κ3) is 27.6. The van der Waals surface area contributed by atoms with E-state index in [1.807, 2.05) is 31.2 Å². The molecule has 8 aromatic carbocycles. The maximum absolute atomic E-state index is 13.9. The molecule has 7 aromatic heterocycles. The van der Waals surface area contributed by atoms with Crippen molar-refractivity contribution in [1.82, 2.24) is 59.8 Å². The number of nitriles is 1. The third-order valence-electron chi connectivity index (χ3n) is 15.6. The van der Waals surface area contributed by atoms with Crippen molar-refractivity contribution < 1.29 is 65.2 Å². The van der Waals surface area contributed by atoms with Gasteiger partial charge in [-0.05, 0) is 110 Å². The SMILES string of the molecule is C#Cc1ccc(F)c(C(=O)Nc2cc(F)cc(Oc3cncnc3)c2)c1.C#Cc1cccc(C(=O)Nc2cc(Cl)cc(Oc3cncnc3)c2)c1.Cc1cccc(C(=O)Nc2cc(Cl)cc(Oc3cncnc3)c2)c1.N#Cc1cc(NC(=O)c2cc(F)ccn2)cc(Oc2cncnc2)c1.O=C(Nc1cc(F)cc(Oc2cncnc2)c1)c1cc(=O)cc[nH]1. The summed E-state index contributed by atoms with van der Waals surface area (Å²) in [5.41, 5.74) is 4.33. The Balaban J connectivity index is 0.000000151. The molecule has 6 N–H and O–H groups in total. The summed E-state index contributed by atoms with van der Waals surface area (Å²) in [7, 11) is 0. The molecule has 0 aliphatic heterocycles. The van der Waals surface area contributed by atoms with E-state index in [0.717, 1.165) is 54.1 Å². The fourth-order valence-electron chi connectivity index (χ4n) is 10.4. The molecule has 0 atom stereocenters. The lowest BCUT2D eigenvalue weighted by Crippen LogP contribution is -2.16. The first-order valence-corrected chi connectivity index (χ1v) is 36.5. The van der Waals surface area contributed by atoms with Crippen molar-refractivity contribution >= 4 is 81.2 Å². The van der Waals surface area contributed by atoms with E-state index in [1.165, 1.54) is 142 Å². The normalized spacial score (nSPS) is 10.1. The smallest absolute Gasteiger partial charge is 0.274 e. The Hall–Kier alpha value is -17.5. The van der Waals surface area contributed by atoms with Crippen molar-refractivity contribution in [3.05, 3.63) is 382 Å². The number of hydrogen-bond donors (Lipinski definition) is 6. The summed E-state index contributed by atoms with van der Waals surface area (Å²) in [5.74, 6) is 3.29. The van der Waals surface area contributed by atoms with Crippen LogP contribution in [0.4, 0.5) is 46.0 Å². The van der Waals surface area contributed by atoms with Crippen LogP contribution < -0.4 is 55.7 Å². The van der Waals surface area contributed by atoms with Crippen molar-refractivity contribution in [2.45, 2.75) is 6.92 Å². The number of nitrogens with zero attached hydrogens (tertiary/aromatic N) is 12. The van der Waals surface area contributed by atoms with Crippen LogP contribution in [0.2, 0.25) is 10.0 Å². The van der Waals surface area contributed by atoms with Crippen molar-refractivity contribution in [3.63, 3.8) is 0 Å². The molecule has 0 saturated heterocycles. The average molecular weight is 1700 g/mol. The molecule has 0 aliphatic carbocycles. The zero-order valence-electron chi connectivity index (χ0n) is 63.9. The Bertz CT molecular complexity index is 6530. The second kappa shape index (κ2) is 43.6. The molecule has 0 aliphatic rings. The first kappa shape index (κ1) is 87.4. The van der Waals surface area contributed by atoms with Crippen molar-refractivity contribution in [2.24, 2.45) is 0 Å². The predicted octanol–water partition coefficient (Wildman–Crippen LogP) is 17.7.